The minimum Gasteiger partial charge on any atom is -0.143 e. The molecule has 17 heavy (non-hydrogen) atoms. The number of hydrogen-bond acceptors (Lipinski definition) is 5. The largest absolute Gasteiger partial charge is 0.143 e. The molecule has 0 bridgehead atoms. The van der Waals surface area contributed by atoms with Gasteiger partial charge in [-0.15, -0.1) is 63.1 Å². The fourth-order valence-electron chi connectivity index (χ4n) is 1.03. The highest BCUT2D eigenvalue weighted by atomic mass is 32.1. The second kappa shape index (κ2) is 7.59. The van der Waals surface area contributed by atoms with E-state index in [1.807, 2.05) is 42.5 Å². The molecule has 5 heteroatoms. The lowest BCUT2D eigenvalue weighted by atomic mass is 10.4. The zero-order chi connectivity index (χ0) is 12.8. The highest BCUT2D eigenvalue weighted by molar-refractivity contribution is 7.82. The first kappa shape index (κ1) is 15.2. The molecule has 0 aliphatic heterocycles. The lowest BCUT2D eigenvalue weighted by molar-refractivity contribution is 1.25. The van der Waals surface area contributed by atoms with Crippen LogP contribution in [0.3, 0.4) is 0 Å². The summed E-state index contributed by atoms with van der Waals surface area (Å²) in [5.41, 5.74) is 0. The molecule has 0 amide bonds. The summed E-state index contributed by atoms with van der Waals surface area (Å²) in [5, 5.41) is 0. The van der Waals surface area contributed by atoms with Gasteiger partial charge in [0.15, 0.2) is 0 Å². The van der Waals surface area contributed by atoms with Crippen molar-refractivity contribution in [3.05, 3.63) is 42.5 Å². The van der Waals surface area contributed by atoms with E-state index in [9.17, 15) is 0 Å². The third-order valence-electron chi connectivity index (χ3n) is 1.74. The summed E-state index contributed by atoms with van der Waals surface area (Å²) in [6, 6.07) is 13.2. The molecule has 0 radical (unpaired) electrons. The van der Waals surface area contributed by atoms with Gasteiger partial charge in [-0.25, -0.2) is 0 Å². The summed E-state index contributed by atoms with van der Waals surface area (Å²) in [7, 11) is 0. The molecule has 0 aliphatic rings. The van der Waals surface area contributed by atoms with Crippen LogP contribution in [0.25, 0.3) is 0 Å². The Morgan fingerprint density at radius 2 is 0.647 bits per heavy atom. The number of thiol groups is 5. The van der Waals surface area contributed by atoms with Crippen molar-refractivity contribution in [1.82, 2.24) is 0 Å². The van der Waals surface area contributed by atoms with E-state index in [0.29, 0.717) is 0 Å². The van der Waals surface area contributed by atoms with Gasteiger partial charge < -0.3 is 0 Å². The maximum atomic E-state index is 4.13. The molecule has 0 spiro atoms. The highest BCUT2D eigenvalue weighted by Crippen LogP contribution is 2.18. The summed E-state index contributed by atoms with van der Waals surface area (Å²) < 4.78 is 0. The number of hydrogen-bond donors (Lipinski definition) is 5. The zero-order valence-electron chi connectivity index (χ0n) is 8.78. The second-order valence-electron chi connectivity index (χ2n) is 3.22. The minimum atomic E-state index is 0.896. The van der Waals surface area contributed by atoms with Crippen LogP contribution in [0.2, 0.25) is 0 Å². The smallest absolute Gasteiger partial charge is 0.00620 e. The van der Waals surface area contributed by atoms with Crippen LogP contribution < -0.4 is 0 Å². The Hall–Kier alpha value is 0.190. The van der Waals surface area contributed by atoms with Gasteiger partial charge >= 0.3 is 0 Å². The predicted molar refractivity (Wildman–Crippen MR) is 89.1 cm³/mol. The van der Waals surface area contributed by atoms with E-state index in [0.717, 1.165) is 24.5 Å². The highest BCUT2D eigenvalue weighted by Gasteiger charge is 1.89. The quantitative estimate of drug-likeness (QED) is 0.423. The Balaban J connectivity index is 0.000000171. The summed E-state index contributed by atoms with van der Waals surface area (Å²) in [6.45, 7) is 0. The molecule has 0 heterocycles. The summed E-state index contributed by atoms with van der Waals surface area (Å²) in [4.78, 5) is 4.64. The van der Waals surface area contributed by atoms with Crippen LogP contribution in [0.15, 0.2) is 66.9 Å². The molecule has 0 saturated carbocycles. The SMILES string of the molecule is Sc1cc(S)cc(S)c1.Sc1ccc(S)cc1. The van der Waals surface area contributed by atoms with Gasteiger partial charge in [0.1, 0.15) is 0 Å². The van der Waals surface area contributed by atoms with E-state index in [1.54, 1.807) is 0 Å². The van der Waals surface area contributed by atoms with Crippen molar-refractivity contribution in [1.29, 1.82) is 0 Å². The molecule has 0 N–H and O–H groups in total. The van der Waals surface area contributed by atoms with Crippen molar-refractivity contribution in [2.45, 2.75) is 24.5 Å². The van der Waals surface area contributed by atoms with Crippen molar-refractivity contribution in [3.63, 3.8) is 0 Å². The molecule has 2 rings (SSSR count). The van der Waals surface area contributed by atoms with Crippen LogP contribution in [0.5, 0.6) is 0 Å². The van der Waals surface area contributed by atoms with Crippen molar-refractivity contribution in [2.75, 3.05) is 0 Å². The van der Waals surface area contributed by atoms with Crippen LogP contribution in [-0.2, 0) is 0 Å². The Labute approximate surface area is 129 Å². The minimum absolute atomic E-state index is 0.896. The topological polar surface area (TPSA) is 0 Å². The molecule has 0 saturated heterocycles. The molecule has 0 aliphatic carbocycles. The van der Waals surface area contributed by atoms with Crippen molar-refractivity contribution >= 4 is 63.1 Å². The van der Waals surface area contributed by atoms with Gasteiger partial charge in [0.25, 0.3) is 0 Å². The molecule has 0 unspecified atom stereocenters. The maximum Gasteiger partial charge on any atom is 0.00620 e. The van der Waals surface area contributed by atoms with E-state index in [4.69, 9.17) is 0 Å². The second-order valence-corrected chi connectivity index (χ2v) is 5.81. The molecular formula is C12H12S5. The fourth-order valence-corrected chi connectivity index (χ4v) is 2.47. The van der Waals surface area contributed by atoms with E-state index in [-0.39, 0.29) is 0 Å². The fraction of sp³-hybridized carbons (Fsp3) is 0. The normalized spacial score (nSPS) is 9.47. The van der Waals surface area contributed by atoms with Crippen molar-refractivity contribution in [3.8, 4) is 0 Å². The van der Waals surface area contributed by atoms with Crippen LogP contribution >= 0.6 is 63.1 Å². The van der Waals surface area contributed by atoms with Gasteiger partial charge in [0, 0.05) is 24.5 Å². The van der Waals surface area contributed by atoms with Crippen LogP contribution in [0.4, 0.5) is 0 Å². The van der Waals surface area contributed by atoms with E-state index in [1.165, 1.54) is 0 Å². The first-order valence-corrected chi connectivity index (χ1v) is 6.91. The summed E-state index contributed by atoms with van der Waals surface area (Å²) in [5.74, 6) is 0. The molecule has 0 fully saturated rings. The van der Waals surface area contributed by atoms with E-state index >= 15 is 0 Å². The Morgan fingerprint density at radius 1 is 0.412 bits per heavy atom. The van der Waals surface area contributed by atoms with Gasteiger partial charge in [-0.2, -0.15) is 0 Å². The Bertz CT molecular complexity index is 407. The summed E-state index contributed by atoms with van der Waals surface area (Å²) in [6.07, 6.45) is 0. The molecule has 2 aromatic rings. The molecule has 2 aromatic carbocycles. The third-order valence-corrected chi connectivity index (χ3v) is 3.11. The molecule has 90 valence electrons. The monoisotopic (exact) mass is 316 g/mol. The lowest BCUT2D eigenvalue weighted by Gasteiger charge is -1.94. The van der Waals surface area contributed by atoms with Gasteiger partial charge in [0.2, 0.25) is 0 Å². The van der Waals surface area contributed by atoms with Gasteiger partial charge in [0.05, 0.1) is 0 Å². The van der Waals surface area contributed by atoms with Crippen molar-refractivity contribution in [2.24, 2.45) is 0 Å². The van der Waals surface area contributed by atoms with E-state index < -0.39 is 0 Å². The van der Waals surface area contributed by atoms with Crippen LogP contribution in [-0.4, -0.2) is 0 Å². The van der Waals surface area contributed by atoms with Gasteiger partial charge in [-0.3, -0.25) is 0 Å². The zero-order valence-corrected chi connectivity index (χ0v) is 13.2. The number of rotatable bonds is 0. The predicted octanol–water partition coefficient (Wildman–Crippen LogP) is 4.82. The molecule has 0 aromatic heterocycles. The molecule has 0 nitrogen and oxygen atoms in total. The van der Waals surface area contributed by atoms with Crippen LogP contribution in [0, 0.1) is 0 Å². The van der Waals surface area contributed by atoms with Gasteiger partial charge in [-0.05, 0) is 42.5 Å². The Kier molecular flexibility index (Phi) is 6.80. The Morgan fingerprint density at radius 3 is 0.882 bits per heavy atom. The van der Waals surface area contributed by atoms with Crippen LogP contribution in [0.1, 0.15) is 0 Å². The standard InChI is InChI=1S/C6H6S3.C6H6S2/c7-4-1-5(8)3-6(9)2-4;7-5-1-2-6(8)4-3-5/h1-3,7-9H;1-4,7-8H. The number of benzene rings is 2. The first-order chi connectivity index (χ1) is 7.97. The average molecular weight is 317 g/mol. The van der Waals surface area contributed by atoms with Gasteiger partial charge in [-0.1, -0.05) is 0 Å². The lowest BCUT2D eigenvalue weighted by Crippen LogP contribution is -1.68. The van der Waals surface area contributed by atoms with Crippen molar-refractivity contribution < 1.29 is 0 Å². The summed E-state index contributed by atoms with van der Waals surface area (Å²) >= 11 is 20.6. The molecule has 0 atom stereocenters. The maximum absolute atomic E-state index is 4.13. The van der Waals surface area contributed by atoms with E-state index in [2.05, 4.69) is 63.1 Å². The molecular weight excluding hydrogens is 304 g/mol. The average Bonchev–Trinajstić information content (AvgIpc) is 2.21. The first-order valence-electron chi connectivity index (χ1n) is 4.67. The third kappa shape index (κ3) is 6.62.